The molecule has 0 aliphatic carbocycles. The third-order valence-electron chi connectivity index (χ3n) is 3.30. The molecular weight excluding hydrogens is 433 g/mol. The molecule has 4 heteroatoms. The molecule has 0 aliphatic rings. The van der Waals surface area contributed by atoms with E-state index in [1.807, 2.05) is 36.4 Å². The zero-order valence-electron chi connectivity index (χ0n) is 12.8. The van der Waals surface area contributed by atoms with Gasteiger partial charge in [-0.3, -0.25) is 0 Å². The Balaban J connectivity index is 1.87. The maximum atomic E-state index is 13.5. The molecule has 24 heavy (non-hydrogen) atoms. The van der Waals surface area contributed by atoms with E-state index in [0.29, 0.717) is 5.56 Å². The van der Waals surface area contributed by atoms with Gasteiger partial charge in [0.15, 0.2) is 0 Å². The van der Waals surface area contributed by atoms with Crippen molar-refractivity contribution in [3.05, 3.63) is 96.3 Å². The number of halogens is 1. The van der Waals surface area contributed by atoms with E-state index in [1.54, 1.807) is 12.1 Å². The quantitative estimate of drug-likeness (QED) is 0.419. The van der Waals surface area contributed by atoms with E-state index in [1.165, 1.54) is 21.1 Å². The van der Waals surface area contributed by atoms with Crippen LogP contribution in [0.2, 0.25) is 3.71 Å². The van der Waals surface area contributed by atoms with E-state index in [9.17, 15) is 9.18 Å². The molecule has 0 saturated carbocycles. The van der Waals surface area contributed by atoms with E-state index < -0.39 is 0 Å². The second-order valence-corrected chi connectivity index (χ2v) is 11.5. The third kappa shape index (κ3) is 4.66. The van der Waals surface area contributed by atoms with Crippen LogP contribution in [0.5, 0.6) is 0 Å². The SMILES string of the molecule is O=C(c1cccc(F)c1)C([Se]c1ccccc1)[Se]c1ccccc1. The fourth-order valence-electron chi connectivity index (χ4n) is 2.15. The van der Waals surface area contributed by atoms with Gasteiger partial charge in [-0.2, -0.15) is 0 Å². The Bertz CT molecular complexity index is 765. The van der Waals surface area contributed by atoms with Crippen LogP contribution in [0.25, 0.3) is 0 Å². The summed E-state index contributed by atoms with van der Waals surface area (Å²) in [5.74, 6) is -0.318. The Hall–Kier alpha value is -1.70. The Labute approximate surface area is 153 Å². The van der Waals surface area contributed by atoms with Crippen molar-refractivity contribution in [2.75, 3.05) is 0 Å². The molecule has 0 heterocycles. The van der Waals surface area contributed by atoms with Crippen molar-refractivity contribution in [3.63, 3.8) is 0 Å². The summed E-state index contributed by atoms with van der Waals surface area (Å²) in [6.45, 7) is 0. The van der Waals surface area contributed by atoms with Crippen LogP contribution in [0.15, 0.2) is 84.9 Å². The first-order valence-corrected chi connectivity index (χ1v) is 11.1. The summed E-state index contributed by atoms with van der Waals surface area (Å²) in [4.78, 5) is 13.0. The molecule has 0 aromatic heterocycles. The average molecular weight is 448 g/mol. The van der Waals surface area contributed by atoms with Gasteiger partial charge in [0.2, 0.25) is 0 Å². The number of carbonyl (C=O) groups excluding carboxylic acids is 1. The second-order valence-electron chi connectivity index (χ2n) is 5.07. The van der Waals surface area contributed by atoms with E-state index in [2.05, 4.69) is 24.3 Å². The van der Waals surface area contributed by atoms with Crippen LogP contribution >= 0.6 is 0 Å². The molecule has 0 radical (unpaired) electrons. The Morgan fingerprint density at radius 1 is 0.750 bits per heavy atom. The molecule has 3 rings (SSSR count). The minimum atomic E-state index is -0.362. The van der Waals surface area contributed by atoms with Crippen LogP contribution in [0.3, 0.4) is 0 Å². The Morgan fingerprint density at radius 2 is 1.29 bits per heavy atom. The van der Waals surface area contributed by atoms with Crippen molar-refractivity contribution >= 4 is 44.6 Å². The van der Waals surface area contributed by atoms with Crippen LogP contribution < -0.4 is 8.92 Å². The van der Waals surface area contributed by atoms with Gasteiger partial charge in [-0.1, -0.05) is 0 Å². The molecule has 3 aromatic carbocycles. The molecule has 0 aliphatic heterocycles. The van der Waals surface area contributed by atoms with Crippen LogP contribution in [-0.4, -0.2) is 35.7 Å². The predicted molar refractivity (Wildman–Crippen MR) is 98.1 cm³/mol. The molecule has 0 N–H and O–H groups in total. The normalized spacial score (nSPS) is 10.8. The minimum absolute atomic E-state index is 0.0144. The molecule has 0 bridgehead atoms. The van der Waals surface area contributed by atoms with Gasteiger partial charge in [-0.15, -0.1) is 0 Å². The molecule has 120 valence electrons. The van der Waals surface area contributed by atoms with Crippen molar-refractivity contribution in [2.45, 2.75) is 3.71 Å². The van der Waals surface area contributed by atoms with Crippen molar-refractivity contribution in [1.29, 1.82) is 0 Å². The number of Topliss-reactive ketones (excluding diaryl/α,β-unsaturated/α-hetero) is 1. The topological polar surface area (TPSA) is 17.1 Å². The molecule has 0 unspecified atom stereocenters. The predicted octanol–water partition coefficient (Wildman–Crippen LogP) is 2.81. The molecular formula is C20H15FOSe2. The van der Waals surface area contributed by atoms with Crippen LogP contribution in [0.1, 0.15) is 10.4 Å². The van der Waals surface area contributed by atoms with Gasteiger partial charge >= 0.3 is 154 Å². The molecule has 0 fully saturated rings. The monoisotopic (exact) mass is 450 g/mol. The Morgan fingerprint density at radius 3 is 1.79 bits per heavy atom. The summed E-state index contributed by atoms with van der Waals surface area (Å²) in [6, 6.07) is 26.2. The van der Waals surface area contributed by atoms with Crippen molar-refractivity contribution < 1.29 is 9.18 Å². The van der Waals surface area contributed by atoms with E-state index >= 15 is 0 Å². The van der Waals surface area contributed by atoms with Gasteiger partial charge in [-0.05, 0) is 0 Å². The molecule has 0 saturated heterocycles. The van der Waals surface area contributed by atoms with Crippen molar-refractivity contribution in [3.8, 4) is 0 Å². The van der Waals surface area contributed by atoms with Crippen LogP contribution in [0.4, 0.5) is 4.39 Å². The summed E-state index contributed by atoms with van der Waals surface area (Å²) in [7, 11) is 0. The first kappa shape index (κ1) is 17.1. The third-order valence-corrected chi connectivity index (χ3v) is 9.47. The van der Waals surface area contributed by atoms with E-state index in [0.717, 1.165) is 0 Å². The van der Waals surface area contributed by atoms with Crippen molar-refractivity contribution in [1.82, 2.24) is 0 Å². The standard InChI is InChI=1S/C20H15FOSe2/c21-16-9-7-8-15(14-16)19(22)20(23-17-10-3-1-4-11-17)24-18-12-5-2-6-13-18/h1-14,20H. The first-order chi connectivity index (χ1) is 11.7. The number of benzene rings is 3. The zero-order valence-corrected chi connectivity index (χ0v) is 16.2. The molecule has 3 aromatic rings. The number of carbonyl (C=O) groups is 1. The van der Waals surface area contributed by atoms with Gasteiger partial charge in [0.05, 0.1) is 0 Å². The summed E-state index contributed by atoms with van der Waals surface area (Å²) in [5, 5.41) is 0. The molecule has 0 atom stereocenters. The first-order valence-electron chi connectivity index (χ1n) is 7.45. The summed E-state index contributed by atoms with van der Waals surface area (Å²) >= 11 is 0.0288. The summed E-state index contributed by atoms with van der Waals surface area (Å²) in [6.07, 6.45) is 0. The van der Waals surface area contributed by atoms with Crippen LogP contribution in [-0.2, 0) is 0 Å². The number of hydrogen-bond acceptors (Lipinski definition) is 1. The fraction of sp³-hybridized carbons (Fsp3) is 0.0500. The number of hydrogen-bond donors (Lipinski definition) is 0. The fourth-order valence-corrected chi connectivity index (χ4v) is 8.58. The van der Waals surface area contributed by atoms with Gasteiger partial charge in [0, 0.05) is 0 Å². The summed E-state index contributed by atoms with van der Waals surface area (Å²) in [5.41, 5.74) is 0.468. The maximum absolute atomic E-state index is 13.5. The zero-order chi connectivity index (χ0) is 16.8. The van der Waals surface area contributed by atoms with E-state index in [-0.39, 0.29) is 45.2 Å². The van der Waals surface area contributed by atoms with Gasteiger partial charge in [-0.25, -0.2) is 0 Å². The van der Waals surface area contributed by atoms with Crippen LogP contribution in [0, 0.1) is 5.82 Å². The molecule has 0 amide bonds. The van der Waals surface area contributed by atoms with Crippen molar-refractivity contribution in [2.24, 2.45) is 0 Å². The second kappa shape index (κ2) is 8.41. The number of ketones is 1. The van der Waals surface area contributed by atoms with Gasteiger partial charge in [0.25, 0.3) is 0 Å². The van der Waals surface area contributed by atoms with Gasteiger partial charge in [0.1, 0.15) is 0 Å². The average Bonchev–Trinajstić information content (AvgIpc) is 2.62. The molecule has 0 spiro atoms. The number of rotatable bonds is 6. The van der Waals surface area contributed by atoms with E-state index in [4.69, 9.17) is 0 Å². The molecule has 1 nitrogen and oxygen atoms in total. The summed E-state index contributed by atoms with van der Waals surface area (Å²) < 4.78 is 15.8. The van der Waals surface area contributed by atoms with Gasteiger partial charge < -0.3 is 0 Å². The Kier molecular flexibility index (Phi) is 6.01.